The Kier molecular flexibility index (Phi) is 9.77. The normalized spacial score (nSPS) is 13.6. The molecule has 0 heterocycles. The van der Waals surface area contributed by atoms with E-state index in [1.54, 1.807) is 13.8 Å². The highest BCUT2D eigenvalue weighted by atomic mass is 16.4. The lowest BCUT2D eigenvalue weighted by atomic mass is 10.1. The molecule has 7 N–H and O–H groups in total. The second-order valence-corrected chi connectivity index (χ2v) is 3.57. The first-order chi connectivity index (χ1) is 7.23. The molecule has 0 spiro atoms. The third kappa shape index (κ3) is 9.38. The van der Waals surface area contributed by atoms with Gasteiger partial charge in [-0.2, -0.15) is 0 Å². The lowest BCUT2D eigenvalue weighted by Crippen LogP contribution is -2.34. The zero-order valence-electron chi connectivity index (χ0n) is 9.46. The van der Waals surface area contributed by atoms with Gasteiger partial charge < -0.3 is 26.8 Å². The van der Waals surface area contributed by atoms with E-state index in [0.717, 1.165) is 0 Å². The molecule has 0 saturated heterocycles. The van der Waals surface area contributed by atoms with E-state index in [9.17, 15) is 9.59 Å². The van der Waals surface area contributed by atoms with Crippen molar-refractivity contribution in [2.24, 2.45) is 17.4 Å². The van der Waals surface area contributed by atoms with Crippen LogP contribution < -0.4 is 11.5 Å². The van der Waals surface area contributed by atoms with Crippen LogP contribution in [0.1, 0.15) is 20.3 Å². The number of nitrogens with two attached hydrogens (primary N) is 2. The highest BCUT2D eigenvalue weighted by molar-refractivity contribution is 5.73. The van der Waals surface area contributed by atoms with Gasteiger partial charge in [0.1, 0.15) is 12.1 Å². The summed E-state index contributed by atoms with van der Waals surface area (Å²) in [5.74, 6) is -1.98. The van der Waals surface area contributed by atoms with E-state index >= 15 is 0 Å². The first-order valence-electron chi connectivity index (χ1n) is 4.81. The van der Waals surface area contributed by atoms with Crippen molar-refractivity contribution in [2.45, 2.75) is 32.4 Å². The summed E-state index contributed by atoms with van der Waals surface area (Å²) in [6, 6.07) is -1.63. The summed E-state index contributed by atoms with van der Waals surface area (Å²) in [7, 11) is 0. The molecule has 0 aliphatic carbocycles. The molecule has 7 heteroatoms. The molecule has 0 bridgehead atoms. The lowest BCUT2D eigenvalue weighted by Gasteiger charge is -2.07. The molecule has 0 aliphatic rings. The molecule has 7 nitrogen and oxygen atoms in total. The van der Waals surface area contributed by atoms with Crippen molar-refractivity contribution in [2.75, 3.05) is 6.61 Å². The molecule has 96 valence electrons. The van der Waals surface area contributed by atoms with Gasteiger partial charge in [-0.05, 0) is 12.3 Å². The largest absolute Gasteiger partial charge is 0.480 e. The monoisotopic (exact) mass is 236 g/mol. The summed E-state index contributed by atoms with van der Waals surface area (Å²) in [6.45, 7) is 3.38. The molecule has 0 aromatic rings. The molecule has 1 unspecified atom stereocenters. The molecule has 0 rings (SSSR count). The van der Waals surface area contributed by atoms with E-state index in [2.05, 4.69) is 0 Å². The number of hydrogen-bond donors (Lipinski definition) is 5. The lowest BCUT2D eigenvalue weighted by molar-refractivity contribution is -0.140. The van der Waals surface area contributed by atoms with Crippen molar-refractivity contribution in [3.63, 3.8) is 0 Å². The van der Waals surface area contributed by atoms with Crippen LogP contribution in [0.15, 0.2) is 0 Å². The fourth-order valence-electron chi connectivity index (χ4n) is 0.548. The standard InChI is InChI=1S/C5H11NO2.C4H9NO3/c1-3(2)4(6)5(7)8;5-3(1-2-6)4(7)8/h3-4H,6H2,1-2H3,(H,7,8);3,6H,1-2,5H2,(H,7,8)/t;3-/m.0/s1. The van der Waals surface area contributed by atoms with Gasteiger partial charge in [-0.15, -0.1) is 0 Å². The molecule has 0 aliphatic heterocycles. The molecule has 16 heavy (non-hydrogen) atoms. The summed E-state index contributed by atoms with van der Waals surface area (Å²) in [5.41, 5.74) is 10.1. The van der Waals surface area contributed by atoms with E-state index in [-0.39, 0.29) is 18.9 Å². The summed E-state index contributed by atoms with van der Waals surface area (Å²) >= 11 is 0. The maximum atomic E-state index is 10.0. The minimum absolute atomic E-state index is 0.0208. The molecular weight excluding hydrogens is 216 g/mol. The molecule has 0 radical (unpaired) electrons. The number of aliphatic hydroxyl groups is 1. The number of aliphatic hydroxyl groups excluding tert-OH is 1. The predicted octanol–water partition coefficient (Wildman–Crippen LogP) is -1.16. The number of carboxylic acids is 2. The summed E-state index contributed by atoms with van der Waals surface area (Å²) < 4.78 is 0. The summed E-state index contributed by atoms with van der Waals surface area (Å²) in [5, 5.41) is 24.4. The fourth-order valence-corrected chi connectivity index (χ4v) is 0.548. The first-order valence-corrected chi connectivity index (χ1v) is 4.81. The summed E-state index contributed by atoms with van der Waals surface area (Å²) in [6.07, 6.45) is 0.120. The molecule has 0 aromatic carbocycles. The van der Waals surface area contributed by atoms with Gasteiger partial charge in [0, 0.05) is 6.61 Å². The molecule has 0 saturated carbocycles. The van der Waals surface area contributed by atoms with Gasteiger partial charge in [-0.1, -0.05) is 13.8 Å². The number of carbonyl (C=O) groups is 2. The minimum Gasteiger partial charge on any atom is -0.480 e. The minimum atomic E-state index is -1.07. The third-order valence-corrected chi connectivity index (χ3v) is 1.76. The van der Waals surface area contributed by atoms with Gasteiger partial charge in [0.15, 0.2) is 0 Å². The molecule has 0 fully saturated rings. The first kappa shape index (κ1) is 17.2. The predicted molar refractivity (Wildman–Crippen MR) is 57.8 cm³/mol. The van der Waals surface area contributed by atoms with E-state index in [4.69, 9.17) is 26.8 Å². The quantitative estimate of drug-likeness (QED) is 0.404. The molecule has 2 atom stereocenters. The number of carboxylic acid groups (broad SMARTS) is 2. The highest BCUT2D eigenvalue weighted by Crippen LogP contribution is 1.96. The topological polar surface area (TPSA) is 147 Å². The van der Waals surface area contributed by atoms with Crippen LogP contribution >= 0.6 is 0 Å². The van der Waals surface area contributed by atoms with Crippen LogP contribution in [-0.4, -0.2) is 45.9 Å². The number of rotatable bonds is 5. The second kappa shape index (κ2) is 9.08. The van der Waals surface area contributed by atoms with Gasteiger partial charge in [-0.3, -0.25) is 9.59 Å². The van der Waals surface area contributed by atoms with Gasteiger partial charge in [0.2, 0.25) is 0 Å². The fraction of sp³-hybridized carbons (Fsp3) is 0.778. The Labute approximate surface area is 94.1 Å². The van der Waals surface area contributed by atoms with Crippen molar-refractivity contribution >= 4 is 11.9 Å². The van der Waals surface area contributed by atoms with Crippen LogP contribution in [0.25, 0.3) is 0 Å². The second-order valence-electron chi connectivity index (χ2n) is 3.57. The van der Waals surface area contributed by atoms with Crippen LogP contribution in [0.2, 0.25) is 0 Å². The molecule has 0 aromatic heterocycles. The van der Waals surface area contributed by atoms with Crippen molar-refractivity contribution in [1.29, 1.82) is 0 Å². The van der Waals surface area contributed by atoms with Gasteiger partial charge in [0.05, 0.1) is 0 Å². The average Bonchev–Trinajstić information content (AvgIpc) is 2.17. The van der Waals surface area contributed by atoms with Crippen LogP contribution in [0.5, 0.6) is 0 Å². The van der Waals surface area contributed by atoms with Crippen LogP contribution in [0.4, 0.5) is 0 Å². The van der Waals surface area contributed by atoms with Gasteiger partial charge >= 0.3 is 11.9 Å². The van der Waals surface area contributed by atoms with Crippen LogP contribution in [0, 0.1) is 5.92 Å². The maximum absolute atomic E-state index is 10.0. The number of aliphatic carboxylic acids is 2. The average molecular weight is 236 g/mol. The van der Waals surface area contributed by atoms with E-state index in [0.29, 0.717) is 0 Å². The van der Waals surface area contributed by atoms with Crippen LogP contribution in [-0.2, 0) is 9.59 Å². The van der Waals surface area contributed by atoms with Crippen LogP contribution in [0.3, 0.4) is 0 Å². The van der Waals surface area contributed by atoms with Gasteiger partial charge in [-0.25, -0.2) is 0 Å². The van der Waals surface area contributed by atoms with E-state index in [1.165, 1.54) is 0 Å². The highest BCUT2D eigenvalue weighted by Gasteiger charge is 2.14. The Morgan fingerprint density at radius 1 is 1.12 bits per heavy atom. The zero-order chi connectivity index (χ0) is 13.3. The Morgan fingerprint density at radius 3 is 1.62 bits per heavy atom. The van der Waals surface area contributed by atoms with Gasteiger partial charge in [0.25, 0.3) is 0 Å². The van der Waals surface area contributed by atoms with E-state index < -0.39 is 24.0 Å². The van der Waals surface area contributed by atoms with Crippen molar-refractivity contribution in [1.82, 2.24) is 0 Å². The Morgan fingerprint density at radius 2 is 1.56 bits per heavy atom. The Balaban J connectivity index is 0. The Bertz CT molecular complexity index is 220. The zero-order valence-corrected chi connectivity index (χ0v) is 9.46. The van der Waals surface area contributed by atoms with Crippen molar-refractivity contribution in [3.8, 4) is 0 Å². The van der Waals surface area contributed by atoms with Crippen molar-refractivity contribution < 1.29 is 24.9 Å². The molecular formula is C9H20N2O5. The number of hydrogen-bond acceptors (Lipinski definition) is 5. The maximum Gasteiger partial charge on any atom is 0.320 e. The summed E-state index contributed by atoms with van der Waals surface area (Å²) in [4.78, 5) is 19.9. The van der Waals surface area contributed by atoms with Crippen molar-refractivity contribution in [3.05, 3.63) is 0 Å². The van der Waals surface area contributed by atoms with E-state index in [1.807, 2.05) is 0 Å². The molecule has 0 amide bonds. The SMILES string of the molecule is CC(C)C(N)C(=O)O.N[C@@H](CCO)C(=O)O. The Hall–Kier alpha value is -1.18. The third-order valence-electron chi connectivity index (χ3n) is 1.76. The smallest absolute Gasteiger partial charge is 0.320 e.